The Labute approximate surface area is 93.8 Å². The van der Waals surface area contributed by atoms with E-state index in [0.717, 1.165) is 22.7 Å². The first-order valence-electron chi connectivity index (χ1n) is 5.00. The third kappa shape index (κ3) is 1.65. The molecule has 84 valence electrons. The molecule has 2 N–H and O–H groups in total. The molecule has 0 spiro atoms. The predicted molar refractivity (Wildman–Crippen MR) is 60.9 cm³/mol. The Bertz CT molecular complexity index is 492. The van der Waals surface area contributed by atoms with Gasteiger partial charge >= 0.3 is 0 Å². The van der Waals surface area contributed by atoms with Crippen LogP contribution >= 0.6 is 0 Å². The largest absolute Gasteiger partial charge is 0.496 e. The van der Waals surface area contributed by atoms with Crippen molar-refractivity contribution >= 4 is 0 Å². The first-order chi connectivity index (χ1) is 7.77. The minimum atomic E-state index is 0.400. The molecule has 0 atom stereocenters. The van der Waals surface area contributed by atoms with Gasteiger partial charge in [-0.2, -0.15) is 0 Å². The van der Waals surface area contributed by atoms with Crippen LogP contribution in [0.4, 0.5) is 0 Å². The summed E-state index contributed by atoms with van der Waals surface area (Å²) < 4.78 is 6.97. The first-order valence-corrected chi connectivity index (χ1v) is 5.00. The second kappa shape index (κ2) is 4.32. The highest BCUT2D eigenvalue weighted by molar-refractivity contribution is 5.68. The van der Waals surface area contributed by atoms with E-state index >= 15 is 0 Å². The van der Waals surface area contributed by atoms with Crippen LogP contribution in [-0.2, 0) is 13.6 Å². The third-order valence-corrected chi connectivity index (χ3v) is 2.50. The van der Waals surface area contributed by atoms with E-state index in [1.165, 1.54) is 0 Å². The molecule has 0 amide bonds. The number of aryl methyl sites for hydroxylation is 1. The molecule has 0 aliphatic heterocycles. The smallest absolute Gasteiger partial charge is 0.128 e. The van der Waals surface area contributed by atoms with Gasteiger partial charge in [0.2, 0.25) is 0 Å². The molecule has 5 heteroatoms. The highest BCUT2D eigenvalue weighted by atomic mass is 16.5. The van der Waals surface area contributed by atoms with Crippen molar-refractivity contribution < 1.29 is 4.74 Å². The van der Waals surface area contributed by atoms with E-state index in [1.807, 2.05) is 31.3 Å². The van der Waals surface area contributed by atoms with E-state index in [4.69, 9.17) is 10.5 Å². The van der Waals surface area contributed by atoms with Crippen molar-refractivity contribution in [2.75, 3.05) is 7.11 Å². The topological polar surface area (TPSA) is 66.0 Å². The molecule has 0 unspecified atom stereocenters. The average molecular weight is 218 g/mol. The molecule has 0 saturated heterocycles. The maximum Gasteiger partial charge on any atom is 0.128 e. The predicted octanol–water partition coefficient (Wildman–Crippen LogP) is 0.949. The van der Waals surface area contributed by atoms with Crippen LogP contribution in [0, 0.1) is 0 Å². The summed E-state index contributed by atoms with van der Waals surface area (Å²) in [7, 11) is 3.46. The van der Waals surface area contributed by atoms with Crippen LogP contribution in [0.5, 0.6) is 5.75 Å². The van der Waals surface area contributed by atoms with Crippen molar-refractivity contribution in [2.24, 2.45) is 12.8 Å². The highest BCUT2D eigenvalue weighted by Gasteiger charge is 2.14. The summed E-state index contributed by atoms with van der Waals surface area (Å²) in [6.45, 7) is 0.400. The summed E-state index contributed by atoms with van der Waals surface area (Å²) in [5.74, 6) is 0.776. The van der Waals surface area contributed by atoms with Gasteiger partial charge in [0.05, 0.1) is 12.8 Å². The number of hydrogen-bond donors (Lipinski definition) is 1. The molecule has 16 heavy (non-hydrogen) atoms. The molecule has 0 bridgehead atoms. The van der Waals surface area contributed by atoms with Crippen molar-refractivity contribution in [3.63, 3.8) is 0 Å². The van der Waals surface area contributed by atoms with Gasteiger partial charge in [0, 0.05) is 19.2 Å². The number of rotatable bonds is 3. The van der Waals surface area contributed by atoms with Gasteiger partial charge in [0.15, 0.2) is 0 Å². The summed E-state index contributed by atoms with van der Waals surface area (Å²) in [4.78, 5) is 0. The number of nitrogens with two attached hydrogens (primary N) is 1. The molecule has 0 aliphatic rings. The van der Waals surface area contributed by atoms with Gasteiger partial charge in [0.1, 0.15) is 11.4 Å². The van der Waals surface area contributed by atoms with E-state index in [2.05, 4.69) is 10.3 Å². The summed E-state index contributed by atoms with van der Waals surface area (Å²) in [6.07, 6.45) is 0. The van der Waals surface area contributed by atoms with Crippen molar-refractivity contribution in [1.82, 2.24) is 15.0 Å². The normalized spacial score (nSPS) is 10.4. The Balaban J connectivity index is 2.58. The summed E-state index contributed by atoms with van der Waals surface area (Å²) in [5, 5.41) is 8.09. The van der Waals surface area contributed by atoms with Crippen LogP contribution in [0.25, 0.3) is 11.3 Å². The second-order valence-corrected chi connectivity index (χ2v) is 3.41. The zero-order valence-electron chi connectivity index (χ0n) is 9.34. The van der Waals surface area contributed by atoms with Gasteiger partial charge in [-0.05, 0) is 12.1 Å². The lowest BCUT2D eigenvalue weighted by atomic mass is 10.1. The van der Waals surface area contributed by atoms with Crippen LogP contribution < -0.4 is 10.5 Å². The molecule has 5 nitrogen and oxygen atoms in total. The molecule has 0 saturated carbocycles. The maximum atomic E-state index is 5.68. The number of benzene rings is 1. The summed E-state index contributed by atoms with van der Waals surface area (Å²) in [6, 6.07) is 7.69. The van der Waals surface area contributed by atoms with E-state index in [0.29, 0.717) is 6.54 Å². The van der Waals surface area contributed by atoms with E-state index in [-0.39, 0.29) is 0 Å². The molecular formula is C11H14N4O. The number of nitrogens with zero attached hydrogens (tertiary/aromatic N) is 3. The van der Waals surface area contributed by atoms with Gasteiger partial charge in [-0.25, -0.2) is 0 Å². The number of para-hydroxylation sites is 1. The van der Waals surface area contributed by atoms with Gasteiger partial charge in [0.25, 0.3) is 0 Å². The number of hydrogen-bond acceptors (Lipinski definition) is 4. The Kier molecular flexibility index (Phi) is 2.87. The fraction of sp³-hybridized carbons (Fsp3) is 0.273. The summed E-state index contributed by atoms with van der Waals surface area (Å²) >= 11 is 0. The Morgan fingerprint density at radius 2 is 2.12 bits per heavy atom. The Morgan fingerprint density at radius 3 is 2.81 bits per heavy atom. The quantitative estimate of drug-likeness (QED) is 0.833. The average Bonchev–Trinajstić information content (AvgIpc) is 2.70. The minimum Gasteiger partial charge on any atom is -0.496 e. The van der Waals surface area contributed by atoms with Crippen molar-refractivity contribution in [1.29, 1.82) is 0 Å². The maximum absolute atomic E-state index is 5.68. The monoisotopic (exact) mass is 218 g/mol. The second-order valence-electron chi connectivity index (χ2n) is 3.41. The molecule has 0 fully saturated rings. The van der Waals surface area contributed by atoms with Crippen LogP contribution in [0.2, 0.25) is 0 Å². The first kappa shape index (κ1) is 10.6. The Morgan fingerprint density at radius 1 is 1.38 bits per heavy atom. The molecular weight excluding hydrogens is 204 g/mol. The lowest BCUT2D eigenvalue weighted by molar-refractivity contribution is 0.416. The fourth-order valence-electron chi connectivity index (χ4n) is 1.66. The van der Waals surface area contributed by atoms with Gasteiger partial charge < -0.3 is 10.5 Å². The van der Waals surface area contributed by atoms with Crippen LogP contribution in [0.1, 0.15) is 5.69 Å². The Hall–Kier alpha value is -1.88. The van der Waals surface area contributed by atoms with E-state index in [9.17, 15) is 0 Å². The van der Waals surface area contributed by atoms with Crippen molar-refractivity contribution in [3.8, 4) is 17.0 Å². The standard InChI is InChI=1S/C11H14N4O/c1-15-9(7-12)11(13-14-15)8-5-3-4-6-10(8)16-2/h3-6H,7,12H2,1-2H3. The van der Waals surface area contributed by atoms with Crippen LogP contribution in [0.3, 0.4) is 0 Å². The van der Waals surface area contributed by atoms with Crippen LogP contribution in [-0.4, -0.2) is 22.1 Å². The highest BCUT2D eigenvalue weighted by Crippen LogP contribution is 2.29. The molecule has 1 aromatic carbocycles. The SMILES string of the molecule is COc1ccccc1-c1nnn(C)c1CN. The zero-order chi connectivity index (χ0) is 11.5. The van der Waals surface area contributed by atoms with E-state index in [1.54, 1.807) is 11.8 Å². The van der Waals surface area contributed by atoms with Gasteiger partial charge in [-0.15, -0.1) is 5.10 Å². The summed E-state index contributed by atoms with van der Waals surface area (Å²) in [5.41, 5.74) is 8.27. The van der Waals surface area contributed by atoms with Crippen molar-refractivity contribution in [3.05, 3.63) is 30.0 Å². The zero-order valence-corrected chi connectivity index (χ0v) is 9.34. The third-order valence-electron chi connectivity index (χ3n) is 2.50. The number of aromatic nitrogens is 3. The fourth-order valence-corrected chi connectivity index (χ4v) is 1.66. The lowest BCUT2D eigenvalue weighted by Gasteiger charge is -2.06. The lowest BCUT2D eigenvalue weighted by Crippen LogP contribution is -2.05. The molecule has 2 rings (SSSR count). The van der Waals surface area contributed by atoms with Crippen molar-refractivity contribution in [2.45, 2.75) is 6.54 Å². The molecule has 1 heterocycles. The van der Waals surface area contributed by atoms with E-state index < -0.39 is 0 Å². The molecule has 0 radical (unpaired) electrons. The molecule has 0 aliphatic carbocycles. The number of ether oxygens (including phenoxy) is 1. The van der Waals surface area contributed by atoms with Gasteiger partial charge in [-0.3, -0.25) is 4.68 Å². The minimum absolute atomic E-state index is 0.400. The van der Waals surface area contributed by atoms with Crippen LogP contribution in [0.15, 0.2) is 24.3 Å². The number of methoxy groups -OCH3 is 1. The van der Waals surface area contributed by atoms with Gasteiger partial charge in [-0.1, -0.05) is 17.3 Å². The molecule has 1 aromatic heterocycles. The molecule has 2 aromatic rings.